The van der Waals surface area contributed by atoms with E-state index in [-0.39, 0.29) is 6.04 Å². The van der Waals surface area contributed by atoms with Crippen LogP contribution in [-0.2, 0) is 11.3 Å². The molecule has 6 heteroatoms. The first-order chi connectivity index (χ1) is 8.69. The van der Waals surface area contributed by atoms with Crippen molar-refractivity contribution < 1.29 is 13.5 Å². The number of ether oxygens (including phenoxy) is 1. The van der Waals surface area contributed by atoms with Crippen LogP contribution >= 0.6 is 0 Å². The SMILES string of the molecule is CCNC(CCOCC(F)F)c1ccnn1CC. The van der Waals surface area contributed by atoms with Gasteiger partial charge in [-0.1, -0.05) is 6.92 Å². The molecule has 0 aliphatic heterocycles. The molecule has 1 rings (SSSR count). The fourth-order valence-electron chi connectivity index (χ4n) is 1.88. The molecule has 0 amide bonds. The van der Waals surface area contributed by atoms with Crippen LogP contribution in [0.25, 0.3) is 0 Å². The second-order valence-electron chi connectivity index (χ2n) is 3.94. The molecular formula is C12H21F2N3O. The molecule has 1 aromatic heterocycles. The van der Waals surface area contributed by atoms with Crippen molar-refractivity contribution in [2.75, 3.05) is 19.8 Å². The van der Waals surface area contributed by atoms with E-state index in [4.69, 9.17) is 4.74 Å². The Morgan fingerprint density at radius 1 is 1.44 bits per heavy atom. The first kappa shape index (κ1) is 15.0. The smallest absolute Gasteiger partial charge is 0.261 e. The van der Waals surface area contributed by atoms with Crippen LogP contribution in [0.4, 0.5) is 8.78 Å². The number of halogens is 2. The van der Waals surface area contributed by atoms with Gasteiger partial charge in [-0.25, -0.2) is 8.78 Å². The van der Waals surface area contributed by atoms with Crippen LogP contribution in [0.2, 0.25) is 0 Å². The second-order valence-corrected chi connectivity index (χ2v) is 3.94. The monoisotopic (exact) mass is 261 g/mol. The summed E-state index contributed by atoms with van der Waals surface area (Å²) in [6.45, 7) is 5.46. The zero-order valence-electron chi connectivity index (χ0n) is 10.9. The van der Waals surface area contributed by atoms with Crippen LogP contribution in [0.15, 0.2) is 12.3 Å². The van der Waals surface area contributed by atoms with Gasteiger partial charge in [0.1, 0.15) is 6.61 Å². The van der Waals surface area contributed by atoms with Gasteiger partial charge in [-0.05, 0) is 26.0 Å². The van der Waals surface area contributed by atoms with Crippen molar-refractivity contribution in [2.24, 2.45) is 0 Å². The average molecular weight is 261 g/mol. The summed E-state index contributed by atoms with van der Waals surface area (Å²) in [5, 5.41) is 7.53. The molecule has 0 bridgehead atoms. The topological polar surface area (TPSA) is 39.1 Å². The molecule has 0 aliphatic rings. The predicted molar refractivity (Wildman–Crippen MR) is 65.8 cm³/mol. The van der Waals surface area contributed by atoms with Crippen molar-refractivity contribution in [3.63, 3.8) is 0 Å². The molecule has 0 aromatic carbocycles. The Labute approximate surface area is 106 Å². The van der Waals surface area contributed by atoms with E-state index >= 15 is 0 Å². The molecule has 1 N–H and O–H groups in total. The van der Waals surface area contributed by atoms with Crippen molar-refractivity contribution in [3.05, 3.63) is 18.0 Å². The Morgan fingerprint density at radius 2 is 2.22 bits per heavy atom. The van der Waals surface area contributed by atoms with Gasteiger partial charge < -0.3 is 10.1 Å². The van der Waals surface area contributed by atoms with E-state index < -0.39 is 13.0 Å². The lowest BCUT2D eigenvalue weighted by Gasteiger charge is -2.19. The first-order valence-electron chi connectivity index (χ1n) is 6.30. The summed E-state index contributed by atoms with van der Waals surface area (Å²) < 4.78 is 30.7. The standard InChI is InChI=1S/C12H21F2N3O/c1-3-15-10(6-8-18-9-12(13)14)11-5-7-16-17(11)4-2/h5,7,10,12,15H,3-4,6,8-9H2,1-2H3. The molecule has 0 radical (unpaired) electrons. The number of nitrogens with zero attached hydrogens (tertiary/aromatic N) is 2. The number of alkyl halides is 2. The van der Waals surface area contributed by atoms with E-state index in [1.54, 1.807) is 6.20 Å². The Bertz CT molecular complexity index is 331. The Kier molecular flexibility index (Phi) is 6.82. The molecule has 1 aromatic rings. The van der Waals surface area contributed by atoms with Gasteiger partial charge in [0.15, 0.2) is 0 Å². The van der Waals surface area contributed by atoms with Gasteiger partial charge in [-0.15, -0.1) is 0 Å². The van der Waals surface area contributed by atoms with E-state index in [1.807, 2.05) is 24.6 Å². The molecule has 104 valence electrons. The lowest BCUT2D eigenvalue weighted by molar-refractivity contribution is 0.0142. The Hall–Kier alpha value is -1.01. The maximum absolute atomic E-state index is 11.9. The van der Waals surface area contributed by atoms with Crippen LogP contribution in [0.3, 0.4) is 0 Å². The molecule has 1 unspecified atom stereocenters. The van der Waals surface area contributed by atoms with Crippen LogP contribution < -0.4 is 5.32 Å². The highest BCUT2D eigenvalue weighted by molar-refractivity contribution is 5.07. The van der Waals surface area contributed by atoms with Crippen molar-refractivity contribution >= 4 is 0 Å². The van der Waals surface area contributed by atoms with Crippen LogP contribution in [0.1, 0.15) is 32.0 Å². The van der Waals surface area contributed by atoms with Crippen molar-refractivity contribution in [1.82, 2.24) is 15.1 Å². The van der Waals surface area contributed by atoms with Gasteiger partial charge in [0.05, 0.1) is 11.7 Å². The normalized spacial score (nSPS) is 13.2. The molecule has 4 nitrogen and oxygen atoms in total. The molecule has 0 spiro atoms. The van der Waals surface area contributed by atoms with Crippen LogP contribution in [-0.4, -0.2) is 36.0 Å². The third kappa shape index (κ3) is 4.70. The van der Waals surface area contributed by atoms with E-state index in [0.717, 1.165) is 18.8 Å². The number of rotatable bonds is 9. The summed E-state index contributed by atoms with van der Waals surface area (Å²) in [6.07, 6.45) is 0.0128. The third-order valence-corrected chi connectivity index (χ3v) is 2.65. The maximum Gasteiger partial charge on any atom is 0.261 e. The summed E-state index contributed by atoms with van der Waals surface area (Å²) in [5.74, 6) is 0. The summed E-state index contributed by atoms with van der Waals surface area (Å²) in [4.78, 5) is 0. The van der Waals surface area contributed by atoms with Crippen LogP contribution in [0.5, 0.6) is 0 Å². The molecule has 1 heterocycles. The van der Waals surface area contributed by atoms with Gasteiger partial charge in [0.2, 0.25) is 0 Å². The molecule has 0 saturated carbocycles. The molecule has 0 saturated heterocycles. The van der Waals surface area contributed by atoms with E-state index in [0.29, 0.717) is 13.0 Å². The first-order valence-corrected chi connectivity index (χ1v) is 6.30. The van der Waals surface area contributed by atoms with E-state index in [2.05, 4.69) is 10.4 Å². The minimum absolute atomic E-state index is 0.0927. The molecular weight excluding hydrogens is 240 g/mol. The molecule has 0 aliphatic carbocycles. The summed E-state index contributed by atoms with van der Waals surface area (Å²) in [5.41, 5.74) is 1.07. The zero-order valence-corrected chi connectivity index (χ0v) is 10.9. The summed E-state index contributed by atoms with van der Waals surface area (Å²) >= 11 is 0. The third-order valence-electron chi connectivity index (χ3n) is 2.65. The number of hydrogen-bond acceptors (Lipinski definition) is 3. The van der Waals surface area contributed by atoms with Crippen molar-refractivity contribution in [2.45, 2.75) is 39.3 Å². The van der Waals surface area contributed by atoms with Crippen LogP contribution in [0, 0.1) is 0 Å². The maximum atomic E-state index is 11.9. The largest absolute Gasteiger partial charge is 0.375 e. The second kappa shape index (κ2) is 8.16. The fourth-order valence-corrected chi connectivity index (χ4v) is 1.88. The van der Waals surface area contributed by atoms with Gasteiger partial charge in [-0.3, -0.25) is 4.68 Å². The lowest BCUT2D eigenvalue weighted by Crippen LogP contribution is -2.25. The van der Waals surface area contributed by atoms with Crippen molar-refractivity contribution in [1.29, 1.82) is 0 Å². The Morgan fingerprint density at radius 3 is 2.83 bits per heavy atom. The van der Waals surface area contributed by atoms with Gasteiger partial charge in [-0.2, -0.15) is 5.10 Å². The number of aryl methyl sites for hydroxylation is 1. The van der Waals surface area contributed by atoms with Crippen molar-refractivity contribution in [3.8, 4) is 0 Å². The Balaban J connectivity index is 2.49. The number of hydrogen-bond donors (Lipinski definition) is 1. The molecule has 1 atom stereocenters. The predicted octanol–water partition coefficient (Wildman–Crippen LogP) is 2.23. The highest BCUT2D eigenvalue weighted by atomic mass is 19.3. The fraction of sp³-hybridized carbons (Fsp3) is 0.750. The molecule has 18 heavy (non-hydrogen) atoms. The highest BCUT2D eigenvalue weighted by Gasteiger charge is 2.14. The van der Waals surface area contributed by atoms with Gasteiger partial charge in [0, 0.05) is 19.3 Å². The lowest BCUT2D eigenvalue weighted by atomic mass is 10.1. The minimum Gasteiger partial charge on any atom is -0.375 e. The zero-order chi connectivity index (χ0) is 13.4. The van der Waals surface area contributed by atoms with Gasteiger partial charge >= 0.3 is 0 Å². The summed E-state index contributed by atoms with van der Waals surface area (Å²) in [6, 6.07) is 2.04. The average Bonchev–Trinajstić information content (AvgIpc) is 2.81. The van der Waals surface area contributed by atoms with E-state index in [9.17, 15) is 8.78 Å². The highest BCUT2D eigenvalue weighted by Crippen LogP contribution is 2.16. The van der Waals surface area contributed by atoms with E-state index in [1.165, 1.54) is 0 Å². The quantitative estimate of drug-likeness (QED) is 0.693. The summed E-state index contributed by atoms with van der Waals surface area (Å²) in [7, 11) is 0. The number of aromatic nitrogens is 2. The molecule has 0 fully saturated rings. The van der Waals surface area contributed by atoms with Gasteiger partial charge in [0.25, 0.3) is 6.43 Å². The number of nitrogens with one attached hydrogen (secondary N) is 1. The minimum atomic E-state index is -2.40.